The maximum absolute atomic E-state index is 13.4. The van der Waals surface area contributed by atoms with Gasteiger partial charge in [-0.15, -0.1) is 11.8 Å². The summed E-state index contributed by atoms with van der Waals surface area (Å²) in [4.78, 5) is 11.7. The third kappa shape index (κ3) is 3.45. The number of carbonyl (C=O) groups is 1. The van der Waals surface area contributed by atoms with E-state index in [1.807, 2.05) is 0 Å². The Hall–Kier alpha value is -0.550. The SMILES string of the molecule is O=C(NCc1cc(Br)ccc1F)C1CCCS1. The number of thioether (sulfide) groups is 1. The third-order valence-corrected chi connectivity index (χ3v) is 4.55. The second kappa shape index (κ2) is 5.87. The molecule has 92 valence electrons. The van der Waals surface area contributed by atoms with Gasteiger partial charge >= 0.3 is 0 Å². The van der Waals surface area contributed by atoms with Crippen molar-refractivity contribution in [2.75, 3.05) is 5.75 Å². The molecule has 1 saturated heterocycles. The molecule has 1 fully saturated rings. The number of halogens is 2. The molecule has 0 radical (unpaired) electrons. The summed E-state index contributed by atoms with van der Waals surface area (Å²) in [5, 5.41) is 2.83. The fourth-order valence-corrected chi connectivity index (χ4v) is 3.35. The van der Waals surface area contributed by atoms with Gasteiger partial charge in [-0.1, -0.05) is 15.9 Å². The lowest BCUT2D eigenvalue weighted by atomic mass is 10.2. The molecule has 1 atom stereocenters. The van der Waals surface area contributed by atoms with E-state index in [2.05, 4.69) is 21.2 Å². The first-order valence-electron chi connectivity index (χ1n) is 5.50. The number of hydrogen-bond donors (Lipinski definition) is 1. The molecule has 1 aromatic rings. The second-order valence-electron chi connectivity index (χ2n) is 3.96. The first-order valence-corrected chi connectivity index (χ1v) is 7.34. The van der Waals surface area contributed by atoms with Gasteiger partial charge in [0.25, 0.3) is 0 Å². The lowest BCUT2D eigenvalue weighted by Crippen LogP contribution is -2.31. The van der Waals surface area contributed by atoms with Gasteiger partial charge in [-0.2, -0.15) is 0 Å². The quantitative estimate of drug-likeness (QED) is 0.928. The molecule has 0 aliphatic carbocycles. The smallest absolute Gasteiger partial charge is 0.233 e. The maximum Gasteiger partial charge on any atom is 0.233 e. The molecule has 1 heterocycles. The van der Waals surface area contributed by atoms with Crippen molar-refractivity contribution in [3.8, 4) is 0 Å². The largest absolute Gasteiger partial charge is 0.351 e. The molecule has 5 heteroatoms. The minimum atomic E-state index is -0.285. The van der Waals surface area contributed by atoms with Crippen LogP contribution in [-0.2, 0) is 11.3 Å². The van der Waals surface area contributed by atoms with E-state index < -0.39 is 0 Å². The highest BCUT2D eigenvalue weighted by Gasteiger charge is 2.23. The molecule has 17 heavy (non-hydrogen) atoms. The van der Waals surface area contributed by atoms with Gasteiger partial charge in [0.2, 0.25) is 5.91 Å². The zero-order chi connectivity index (χ0) is 12.3. The van der Waals surface area contributed by atoms with E-state index >= 15 is 0 Å². The van der Waals surface area contributed by atoms with Gasteiger partial charge in [0.05, 0.1) is 5.25 Å². The number of hydrogen-bond acceptors (Lipinski definition) is 2. The Bertz CT molecular complexity index is 421. The molecule has 0 bridgehead atoms. The van der Waals surface area contributed by atoms with Crippen molar-refractivity contribution >= 4 is 33.6 Å². The highest BCUT2D eigenvalue weighted by molar-refractivity contribution is 9.10. The molecule has 0 aromatic heterocycles. The topological polar surface area (TPSA) is 29.1 Å². The highest BCUT2D eigenvalue weighted by Crippen LogP contribution is 2.26. The van der Waals surface area contributed by atoms with Gasteiger partial charge in [-0.3, -0.25) is 4.79 Å². The van der Waals surface area contributed by atoms with E-state index in [0.717, 1.165) is 23.1 Å². The van der Waals surface area contributed by atoms with Crippen LogP contribution in [0.15, 0.2) is 22.7 Å². The summed E-state index contributed by atoms with van der Waals surface area (Å²) in [6.45, 7) is 0.251. The van der Waals surface area contributed by atoms with Gasteiger partial charge in [-0.05, 0) is 36.8 Å². The minimum absolute atomic E-state index is 0.0203. The Morgan fingerprint density at radius 3 is 3.12 bits per heavy atom. The minimum Gasteiger partial charge on any atom is -0.351 e. The molecule has 2 rings (SSSR count). The van der Waals surface area contributed by atoms with Crippen LogP contribution in [0.1, 0.15) is 18.4 Å². The van der Waals surface area contributed by atoms with E-state index in [-0.39, 0.29) is 23.5 Å². The summed E-state index contributed by atoms with van der Waals surface area (Å²) in [6, 6.07) is 4.74. The van der Waals surface area contributed by atoms with Crippen LogP contribution in [0.25, 0.3) is 0 Å². The molecule has 1 aromatic carbocycles. The molecule has 2 nitrogen and oxygen atoms in total. The lowest BCUT2D eigenvalue weighted by Gasteiger charge is -2.10. The summed E-state index contributed by atoms with van der Waals surface area (Å²) in [7, 11) is 0. The van der Waals surface area contributed by atoms with E-state index in [0.29, 0.717) is 5.56 Å². The summed E-state index contributed by atoms with van der Waals surface area (Å²) in [5.74, 6) is 0.781. The van der Waals surface area contributed by atoms with Gasteiger partial charge < -0.3 is 5.32 Å². The Kier molecular flexibility index (Phi) is 4.45. The van der Waals surface area contributed by atoms with Crippen LogP contribution in [0.3, 0.4) is 0 Å². The monoisotopic (exact) mass is 317 g/mol. The van der Waals surface area contributed by atoms with E-state index in [9.17, 15) is 9.18 Å². The predicted molar refractivity (Wildman–Crippen MR) is 71.4 cm³/mol. The molecule has 1 unspecified atom stereocenters. The number of benzene rings is 1. The van der Waals surface area contributed by atoms with Crippen LogP contribution in [0.5, 0.6) is 0 Å². The summed E-state index contributed by atoms with van der Waals surface area (Å²) in [5.41, 5.74) is 0.510. The van der Waals surface area contributed by atoms with E-state index in [4.69, 9.17) is 0 Å². The van der Waals surface area contributed by atoms with Crippen molar-refractivity contribution in [3.05, 3.63) is 34.1 Å². The molecule has 1 N–H and O–H groups in total. The average molecular weight is 318 g/mol. The Morgan fingerprint density at radius 2 is 2.41 bits per heavy atom. The number of rotatable bonds is 3. The van der Waals surface area contributed by atoms with Crippen molar-refractivity contribution in [1.82, 2.24) is 5.32 Å². The van der Waals surface area contributed by atoms with Crippen LogP contribution in [0, 0.1) is 5.82 Å². The Balaban J connectivity index is 1.92. The van der Waals surface area contributed by atoms with Crippen LogP contribution in [-0.4, -0.2) is 16.9 Å². The molecular formula is C12H13BrFNOS. The zero-order valence-electron chi connectivity index (χ0n) is 9.21. The normalized spacial score (nSPS) is 19.3. The first kappa shape index (κ1) is 12.9. The number of nitrogens with one attached hydrogen (secondary N) is 1. The van der Waals surface area contributed by atoms with Crippen molar-refractivity contribution in [1.29, 1.82) is 0 Å². The van der Waals surface area contributed by atoms with Crippen LogP contribution in [0.2, 0.25) is 0 Å². The summed E-state index contributed by atoms with van der Waals surface area (Å²) >= 11 is 4.96. The van der Waals surface area contributed by atoms with E-state index in [1.165, 1.54) is 6.07 Å². The lowest BCUT2D eigenvalue weighted by molar-refractivity contribution is -0.120. The van der Waals surface area contributed by atoms with Gasteiger partial charge in [-0.25, -0.2) is 4.39 Å². The van der Waals surface area contributed by atoms with Crippen molar-refractivity contribution in [2.24, 2.45) is 0 Å². The van der Waals surface area contributed by atoms with Crippen molar-refractivity contribution in [2.45, 2.75) is 24.6 Å². The maximum atomic E-state index is 13.4. The first-order chi connectivity index (χ1) is 8.16. The van der Waals surface area contributed by atoms with Crippen LogP contribution >= 0.6 is 27.7 Å². The highest BCUT2D eigenvalue weighted by atomic mass is 79.9. The van der Waals surface area contributed by atoms with Crippen molar-refractivity contribution in [3.63, 3.8) is 0 Å². The zero-order valence-corrected chi connectivity index (χ0v) is 11.6. The van der Waals surface area contributed by atoms with Gasteiger partial charge in [0, 0.05) is 16.6 Å². The number of carbonyl (C=O) groups excluding carboxylic acids is 1. The fraction of sp³-hybridized carbons (Fsp3) is 0.417. The molecule has 1 aliphatic rings. The summed E-state index contributed by atoms with van der Waals surface area (Å²) < 4.78 is 14.2. The van der Waals surface area contributed by atoms with Crippen LogP contribution in [0.4, 0.5) is 4.39 Å². The Morgan fingerprint density at radius 1 is 1.59 bits per heavy atom. The van der Waals surface area contributed by atoms with Gasteiger partial charge in [0.1, 0.15) is 5.82 Å². The summed E-state index contributed by atoms with van der Waals surface area (Å²) in [6.07, 6.45) is 2.02. The molecule has 0 spiro atoms. The molecule has 1 amide bonds. The van der Waals surface area contributed by atoms with Crippen LogP contribution < -0.4 is 5.32 Å². The third-order valence-electron chi connectivity index (χ3n) is 2.68. The standard InChI is InChI=1S/C12H13BrFNOS/c13-9-3-4-10(14)8(6-9)7-15-12(16)11-2-1-5-17-11/h3-4,6,11H,1-2,5,7H2,(H,15,16). The second-order valence-corrected chi connectivity index (χ2v) is 6.18. The molecule has 1 aliphatic heterocycles. The molecule has 0 saturated carbocycles. The molecular weight excluding hydrogens is 305 g/mol. The van der Waals surface area contributed by atoms with Gasteiger partial charge in [0.15, 0.2) is 0 Å². The predicted octanol–water partition coefficient (Wildman–Crippen LogP) is 3.10. The Labute approximate surface area is 112 Å². The average Bonchev–Trinajstić information content (AvgIpc) is 2.83. The van der Waals surface area contributed by atoms with E-state index in [1.54, 1.807) is 23.9 Å². The number of amides is 1. The van der Waals surface area contributed by atoms with Crippen molar-refractivity contribution < 1.29 is 9.18 Å². The fourth-order valence-electron chi connectivity index (χ4n) is 1.76.